The summed E-state index contributed by atoms with van der Waals surface area (Å²) in [6.45, 7) is 1.26. The molecule has 0 aliphatic rings. The second-order valence-corrected chi connectivity index (χ2v) is 2.89. The van der Waals surface area contributed by atoms with E-state index in [1.165, 1.54) is 6.07 Å². The van der Waals surface area contributed by atoms with Gasteiger partial charge in [-0.3, -0.25) is 0 Å². The van der Waals surface area contributed by atoms with Crippen molar-refractivity contribution in [3.63, 3.8) is 0 Å². The molecule has 0 atom stereocenters. The molecule has 1 aromatic rings. The molecule has 70 valence electrons. The maximum Gasteiger partial charge on any atom is 1.00 e. The number of hydrogen-bond acceptors (Lipinski definition) is 4. The zero-order valence-electron chi connectivity index (χ0n) is 7.87. The van der Waals surface area contributed by atoms with Gasteiger partial charge in [0.05, 0.1) is 12.6 Å². The third-order valence-electron chi connectivity index (χ3n) is 1.56. The minimum absolute atomic E-state index is 0. The molecule has 0 radical (unpaired) electrons. The molecule has 1 heterocycles. The van der Waals surface area contributed by atoms with E-state index < -0.39 is 12.6 Å². The van der Waals surface area contributed by atoms with Gasteiger partial charge in [0.25, 0.3) is 0 Å². The Hall–Kier alpha value is 0.506. The summed E-state index contributed by atoms with van der Waals surface area (Å²) in [4.78, 5) is 14.3. The van der Waals surface area contributed by atoms with Gasteiger partial charge in [0, 0.05) is 11.3 Å². The maximum atomic E-state index is 10.6. The molecule has 1 rings (SSSR count). The van der Waals surface area contributed by atoms with E-state index in [2.05, 4.69) is 4.98 Å². The first kappa shape index (κ1) is 14.5. The summed E-state index contributed by atoms with van der Waals surface area (Å²) in [6, 6.07) is 1.46. The smallest absolute Gasteiger partial charge is 0.545 e. The Kier molecular flexibility index (Phi) is 6.39. The molecule has 0 aliphatic heterocycles. The van der Waals surface area contributed by atoms with Crippen molar-refractivity contribution < 1.29 is 66.4 Å². The fourth-order valence-electron chi connectivity index (χ4n) is 1.04. The normalized spacial score (nSPS) is 9.36. The van der Waals surface area contributed by atoms with Crippen molar-refractivity contribution in [2.24, 2.45) is 0 Å². The Balaban J connectivity index is 0.00000169. The van der Waals surface area contributed by atoms with Gasteiger partial charge >= 0.3 is 51.4 Å². The van der Waals surface area contributed by atoms with Crippen LogP contribution in [0.25, 0.3) is 0 Å². The average molecular weight is 240 g/mol. The molecule has 0 aliphatic carbocycles. The van der Waals surface area contributed by atoms with Crippen LogP contribution in [0, 0.1) is 6.92 Å². The number of hydrogen-bond donors (Lipinski definition) is 1. The molecule has 0 amide bonds. The number of aromatic carboxylic acids is 1. The van der Waals surface area contributed by atoms with Crippen molar-refractivity contribution in [1.29, 1.82) is 0 Å². The molecular formula is C8H7ClKNO3. The number of carbonyl (C=O) groups excluding carboxylic acids is 1. The number of aromatic nitrogens is 1. The number of nitrogens with zero attached hydrogens (tertiary/aromatic N) is 1. The topological polar surface area (TPSA) is 73.2 Å². The van der Waals surface area contributed by atoms with E-state index in [0.29, 0.717) is 5.69 Å². The van der Waals surface area contributed by atoms with Gasteiger partial charge in [-0.2, -0.15) is 0 Å². The molecule has 0 unspecified atom stereocenters. The molecular weight excluding hydrogens is 233 g/mol. The van der Waals surface area contributed by atoms with Crippen LogP contribution in [0.1, 0.15) is 21.6 Å². The van der Waals surface area contributed by atoms with Crippen LogP contribution in [0.4, 0.5) is 0 Å². The second-order valence-electron chi connectivity index (χ2n) is 2.53. The minimum atomic E-state index is -1.43. The van der Waals surface area contributed by atoms with Crippen molar-refractivity contribution in [1.82, 2.24) is 4.98 Å². The average Bonchev–Trinajstić information content (AvgIpc) is 2.01. The summed E-state index contributed by atoms with van der Waals surface area (Å²) >= 11 is 5.57. The fourth-order valence-corrected chi connectivity index (χ4v) is 1.37. The summed E-state index contributed by atoms with van der Waals surface area (Å²) in [5.74, 6) is -1.43. The van der Waals surface area contributed by atoms with Gasteiger partial charge in [-0.05, 0) is 18.6 Å². The number of aliphatic hydroxyl groups is 1. The largest absolute Gasteiger partial charge is 1.00 e. The zero-order chi connectivity index (χ0) is 10.0. The van der Waals surface area contributed by atoms with Gasteiger partial charge in [0.15, 0.2) is 0 Å². The molecule has 1 N–H and O–H groups in total. The number of carboxylic acids is 1. The van der Waals surface area contributed by atoms with Gasteiger partial charge in [-0.1, -0.05) is 11.6 Å². The molecule has 6 heteroatoms. The second kappa shape index (κ2) is 6.17. The van der Waals surface area contributed by atoms with Gasteiger partial charge in [0.2, 0.25) is 0 Å². The van der Waals surface area contributed by atoms with Crippen molar-refractivity contribution in [2.75, 3.05) is 0 Å². The molecule has 0 bridgehead atoms. The Morgan fingerprint density at radius 2 is 2.29 bits per heavy atom. The molecule has 0 aromatic carbocycles. The van der Waals surface area contributed by atoms with E-state index in [0.717, 1.165) is 0 Å². The summed E-state index contributed by atoms with van der Waals surface area (Å²) in [5.41, 5.74) is 0.534. The third-order valence-corrected chi connectivity index (χ3v) is 1.83. The summed E-state index contributed by atoms with van der Waals surface area (Å²) in [6.07, 6.45) is 0. The summed E-state index contributed by atoms with van der Waals surface area (Å²) in [7, 11) is 0. The summed E-state index contributed by atoms with van der Waals surface area (Å²) < 4.78 is 0. The standard InChI is InChI=1S/C8H8ClNO3.K/c1-4-2-5(3-11)6(8(12)13)7(9)10-4;/h2,11H,3H2,1H3,(H,12,13);/q;+1/p-1. The molecule has 1 aromatic heterocycles. The van der Waals surface area contributed by atoms with E-state index in [-0.39, 0.29) is 67.7 Å². The van der Waals surface area contributed by atoms with Crippen LogP contribution in [0.2, 0.25) is 5.15 Å². The molecule has 0 spiro atoms. The van der Waals surface area contributed by atoms with Crippen molar-refractivity contribution in [2.45, 2.75) is 13.5 Å². The monoisotopic (exact) mass is 239 g/mol. The van der Waals surface area contributed by atoms with Gasteiger partial charge < -0.3 is 15.0 Å². The number of carbonyl (C=O) groups is 1. The van der Waals surface area contributed by atoms with E-state index in [1.54, 1.807) is 6.92 Å². The van der Waals surface area contributed by atoms with Crippen LogP contribution in [-0.2, 0) is 6.61 Å². The third kappa shape index (κ3) is 3.27. The fraction of sp³-hybridized carbons (Fsp3) is 0.250. The number of carboxylic acid groups (broad SMARTS) is 1. The van der Waals surface area contributed by atoms with Crippen molar-refractivity contribution in [3.8, 4) is 0 Å². The molecule has 0 saturated carbocycles. The predicted molar refractivity (Wildman–Crippen MR) is 44.2 cm³/mol. The number of pyridine rings is 1. The van der Waals surface area contributed by atoms with E-state index in [1.807, 2.05) is 0 Å². The van der Waals surface area contributed by atoms with E-state index in [4.69, 9.17) is 16.7 Å². The van der Waals surface area contributed by atoms with Crippen LogP contribution >= 0.6 is 11.6 Å². The van der Waals surface area contributed by atoms with Crippen molar-refractivity contribution in [3.05, 3.63) is 28.0 Å². The van der Waals surface area contributed by atoms with Crippen molar-refractivity contribution >= 4 is 17.6 Å². The number of aryl methyl sites for hydroxylation is 1. The Bertz CT molecular complexity index is 357. The van der Waals surface area contributed by atoms with Crippen LogP contribution in [0.5, 0.6) is 0 Å². The Morgan fingerprint density at radius 3 is 2.71 bits per heavy atom. The van der Waals surface area contributed by atoms with Crippen LogP contribution in [0.15, 0.2) is 6.07 Å². The first-order valence-corrected chi connectivity index (χ1v) is 3.92. The molecule has 0 saturated heterocycles. The number of halogens is 1. The van der Waals surface area contributed by atoms with Crippen LogP contribution in [0.3, 0.4) is 0 Å². The molecule has 4 nitrogen and oxygen atoms in total. The van der Waals surface area contributed by atoms with E-state index in [9.17, 15) is 9.90 Å². The predicted octanol–water partition coefficient (Wildman–Crippen LogP) is -3.10. The number of rotatable bonds is 2. The van der Waals surface area contributed by atoms with E-state index >= 15 is 0 Å². The first-order valence-electron chi connectivity index (χ1n) is 3.54. The Labute approximate surface area is 129 Å². The van der Waals surface area contributed by atoms with Gasteiger partial charge in [0.1, 0.15) is 5.15 Å². The SMILES string of the molecule is Cc1cc(CO)c(C(=O)[O-])c(Cl)n1.[K+]. The molecule has 0 fully saturated rings. The Morgan fingerprint density at radius 1 is 1.71 bits per heavy atom. The number of aliphatic hydroxyl groups excluding tert-OH is 1. The van der Waals surface area contributed by atoms with Gasteiger partial charge in [-0.15, -0.1) is 0 Å². The van der Waals surface area contributed by atoms with Gasteiger partial charge in [-0.25, -0.2) is 4.98 Å². The quantitative estimate of drug-likeness (QED) is 0.439. The summed E-state index contributed by atoms with van der Waals surface area (Å²) in [5, 5.41) is 19.3. The van der Waals surface area contributed by atoms with Crippen LogP contribution < -0.4 is 56.5 Å². The van der Waals surface area contributed by atoms with Crippen LogP contribution in [-0.4, -0.2) is 16.1 Å². The first-order chi connectivity index (χ1) is 6.06. The molecule has 14 heavy (non-hydrogen) atoms. The minimum Gasteiger partial charge on any atom is -0.545 e. The zero-order valence-corrected chi connectivity index (χ0v) is 11.8. The maximum absolute atomic E-state index is 10.6.